The largest absolute Gasteiger partial charge is 0.492 e. The smallest absolute Gasteiger partial charge is 0.330 e. The second-order valence-electron chi connectivity index (χ2n) is 8.28. The fourth-order valence-corrected chi connectivity index (χ4v) is 3.83. The van der Waals surface area contributed by atoms with Crippen LogP contribution in [0.15, 0.2) is 55.3 Å². The Morgan fingerprint density at radius 1 is 0.969 bits per heavy atom. The highest BCUT2D eigenvalue weighted by Gasteiger charge is 2.13. The van der Waals surface area contributed by atoms with Gasteiger partial charge < -0.3 is 14.2 Å². The van der Waals surface area contributed by atoms with Crippen molar-refractivity contribution in [3.8, 4) is 17.0 Å². The predicted molar refractivity (Wildman–Crippen MR) is 126 cm³/mol. The van der Waals surface area contributed by atoms with Crippen LogP contribution in [0.2, 0.25) is 0 Å². The number of esters is 1. The molecule has 32 heavy (non-hydrogen) atoms. The zero-order valence-corrected chi connectivity index (χ0v) is 19.0. The second-order valence-corrected chi connectivity index (χ2v) is 8.28. The average molecular weight is 438 g/mol. The number of pyridine rings is 1. The van der Waals surface area contributed by atoms with Crippen LogP contribution in [0.4, 0.5) is 0 Å². The maximum Gasteiger partial charge on any atom is 0.330 e. The van der Waals surface area contributed by atoms with E-state index in [4.69, 9.17) is 14.2 Å². The summed E-state index contributed by atoms with van der Waals surface area (Å²) in [6, 6.07) is 12.4. The molecule has 1 saturated carbocycles. The lowest BCUT2D eigenvalue weighted by molar-refractivity contribution is -0.137. The highest BCUT2D eigenvalue weighted by Crippen LogP contribution is 2.23. The van der Waals surface area contributed by atoms with Gasteiger partial charge in [0.15, 0.2) is 0 Å². The van der Waals surface area contributed by atoms with Crippen molar-refractivity contribution >= 4 is 5.97 Å². The average Bonchev–Trinajstić information content (AvgIpc) is 2.85. The number of rotatable bonds is 13. The molecular formula is C27H35NO4. The third-order valence-corrected chi connectivity index (χ3v) is 5.74. The molecule has 5 nitrogen and oxygen atoms in total. The summed E-state index contributed by atoms with van der Waals surface area (Å²) in [6.45, 7) is 5.17. The monoisotopic (exact) mass is 437 g/mol. The molecule has 0 unspecified atom stereocenters. The van der Waals surface area contributed by atoms with Crippen LogP contribution in [0, 0.1) is 0 Å². The van der Waals surface area contributed by atoms with Crippen molar-refractivity contribution in [2.75, 3.05) is 13.2 Å². The van der Waals surface area contributed by atoms with Gasteiger partial charge in [-0.2, -0.15) is 0 Å². The van der Waals surface area contributed by atoms with E-state index in [1.165, 1.54) is 43.7 Å². The van der Waals surface area contributed by atoms with Crippen LogP contribution in [0.25, 0.3) is 11.3 Å². The number of carbonyl (C=O) groups excluding carboxylic acids is 1. The number of unbranched alkanes of at least 4 members (excludes halogenated alkanes) is 3. The third kappa shape index (κ3) is 8.46. The normalized spacial score (nSPS) is 14.1. The van der Waals surface area contributed by atoms with E-state index in [9.17, 15) is 4.79 Å². The molecule has 1 aliphatic rings. The van der Waals surface area contributed by atoms with E-state index < -0.39 is 0 Å². The highest BCUT2D eigenvalue weighted by atomic mass is 16.5. The maximum atomic E-state index is 10.9. The zero-order valence-electron chi connectivity index (χ0n) is 19.0. The molecule has 0 aliphatic heterocycles. The van der Waals surface area contributed by atoms with Crippen LogP contribution >= 0.6 is 0 Å². The van der Waals surface area contributed by atoms with E-state index in [0.717, 1.165) is 42.7 Å². The van der Waals surface area contributed by atoms with E-state index in [1.807, 2.05) is 12.1 Å². The van der Waals surface area contributed by atoms with E-state index >= 15 is 0 Å². The van der Waals surface area contributed by atoms with E-state index in [0.29, 0.717) is 25.9 Å². The third-order valence-electron chi connectivity index (χ3n) is 5.74. The molecule has 3 rings (SSSR count). The number of hydrogen-bond donors (Lipinski definition) is 0. The van der Waals surface area contributed by atoms with Crippen molar-refractivity contribution < 1.29 is 19.0 Å². The Morgan fingerprint density at radius 3 is 2.41 bits per heavy atom. The minimum absolute atomic E-state index is 0.358. The Hall–Kier alpha value is -2.66. The molecule has 0 bridgehead atoms. The van der Waals surface area contributed by atoms with Crippen molar-refractivity contribution in [3.05, 3.63) is 60.8 Å². The molecule has 0 saturated heterocycles. The van der Waals surface area contributed by atoms with Crippen molar-refractivity contribution in [2.45, 2.75) is 70.5 Å². The minimum Gasteiger partial charge on any atom is -0.492 e. The number of aromatic nitrogens is 1. The van der Waals surface area contributed by atoms with E-state index in [1.54, 1.807) is 6.20 Å². The van der Waals surface area contributed by atoms with Gasteiger partial charge in [0, 0.05) is 11.6 Å². The van der Waals surface area contributed by atoms with Crippen LogP contribution in [-0.4, -0.2) is 30.3 Å². The van der Waals surface area contributed by atoms with Gasteiger partial charge in [0.1, 0.15) is 5.75 Å². The summed E-state index contributed by atoms with van der Waals surface area (Å²) in [7, 11) is 0. The number of nitrogens with zero attached hydrogens (tertiary/aromatic N) is 1. The molecule has 1 fully saturated rings. The first-order valence-electron chi connectivity index (χ1n) is 11.8. The van der Waals surface area contributed by atoms with Gasteiger partial charge >= 0.3 is 5.97 Å². The first kappa shape index (κ1) is 24.0. The van der Waals surface area contributed by atoms with Crippen LogP contribution < -0.4 is 4.74 Å². The van der Waals surface area contributed by atoms with Crippen LogP contribution in [0.3, 0.4) is 0 Å². The Kier molecular flexibility index (Phi) is 10.3. The molecule has 5 heteroatoms. The fraction of sp³-hybridized carbons (Fsp3) is 0.481. The molecule has 172 valence electrons. The summed E-state index contributed by atoms with van der Waals surface area (Å²) < 4.78 is 16.8. The van der Waals surface area contributed by atoms with E-state index in [-0.39, 0.29) is 5.97 Å². The number of carbonyl (C=O) groups is 1. The van der Waals surface area contributed by atoms with Crippen molar-refractivity contribution in [1.82, 2.24) is 4.98 Å². The molecule has 1 aliphatic carbocycles. The molecular weight excluding hydrogens is 402 g/mol. The molecule has 0 spiro atoms. The summed E-state index contributed by atoms with van der Waals surface area (Å²) in [6.07, 6.45) is 13.6. The molecule has 0 radical (unpaired) electrons. The predicted octanol–water partition coefficient (Wildman–Crippen LogP) is 6.27. The zero-order chi connectivity index (χ0) is 22.4. The van der Waals surface area contributed by atoms with Gasteiger partial charge in [-0.1, -0.05) is 50.1 Å². The summed E-state index contributed by atoms with van der Waals surface area (Å²) in [4.78, 5) is 15.5. The Balaban J connectivity index is 1.33. The number of benzene rings is 1. The van der Waals surface area contributed by atoms with Gasteiger partial charge in [-0.25, -0.2) is 4.79 Å². The van der Waals surface area contributed by atoms with Crippen LogP contribution in [-0.2, 0) is 20.9 Å². The van der Waals surface area contributed by atoms with Crippen molar-refractivity contribution in [1.29, 1.82) is 0 Å². The second kappa shape index (κ2) is 13.7. The Bertz CT molecular complexity index is 811. The first-order valence-corrected chi connectivity index (χ1v) is 11.8. The van der Waals surface area contributed by atoms with Gasteiger partial charge in [-0.3, -0.25) is 4.98 Å². The molecule has 2 aromatic rings. The summed E-state index contributed by atoms with van der Waals surface area (Å²) in [5.74, 6) is 0.426. The fourth-order valence-electron chi connectivity index (χ4n) is 3.83. The van der Waals surface area contributed by atoms with E-state index in [2.05, 4.69) is 35.8 Å². The molecule has 1 aromatic heterocycles. The van der Waals surface area contributed by atoms with Gasteiger partial charge in [0.25, 0.3) is 0 Å². The molecule has 1 aromatic carbocycles. The lowest BCUT2D eigenvalue weighted by atomic mass is 9.98. The van der Waals surface area contributed by atoms with Crippen molar-refractivity contribution in [3.63, 3.8) is 0 Å². The molecule has 1 heterocycles. The minimum atomic E-state index is -0.358. The maximum absolute atomic E-state index is 10.9. The van der Waals surface area contributed by atoms with Gasteiger partial charge in [-0.15, -0.1) is 0 Å². The topological polar surface area (TPSA) is 57.7 Å². The number of ether oxygens (including phenoxy) is 3. The molecule has 0 atom stereocenters. The van der Waals surface area contributed by atoms with Gasteiger partial charge in [0.05, 0.1) is 37.8 Å². The van der Waals surface area contributed by atoms with Gasteiger partial charge in [0.2, 0.25) is 0 Å². The summed E-state index contributed by atoms with van der Waals surface area (Å²) in [5.41, 5.74) is 3.24. The quantitative estimate of drug-likeness (QED) is 0.210. The lowest BCUT2D eigenvalue weighted by Crippen LogP contribution is -2.16. The Morgan fingerprint density at radius 2 is 1.72 bits per heavy atom. The summed E-state index contributed by atoms with van der Waals surface area (Å²) in [5, 5.41) is 0. The highest BCUT2D eigenvalue weighted by molar-refractivity contribution is 5.81. The van der Waals surface area contributed by atoms with Gasteiger partial charge in [-0.05, 0) is 56.2 Å². The summed E-state index contributed by atoms with van der Waals surface area (Å²) >= 11 is 0. The number of hydrogen-bond acceptors (Lipinski definition) is 5. The lowest BCUT2D eigenvalue weighted by Gasteiger charge is -2.22. The van der Waals surface area contributed by atoms with Crippen molar-refractivity contribution in [2.24, 2.45) is 0 Å². The molecule has 0 amide bonds. The van der Waals surface area contributed by atoms with Crippen LogP contribution in [0.5, 0.6) is 5.75 Å². The Labute approximate surface area is 191 Å². The SMILES string of the molecule is C=CC(=O)OCCCCCCOc1ccc(-c2ccc(COC3CCCCC3)cc2)nc1. The van der Waals surface area contributed by atoms with Crippen LogP contribution in [0.1, 0.15) is 63.4 Å². The molecule has 0 N–H and O–H groups in total. The standard InChI is InChI=1S/C27H35NO4/c1-2-27(29)31-19-9-4-3-8-18-30-25-16-17-26(28-20-25)23-14-12-22(13-15-23)21-32-24-10-6-5-7-11-24/h2,12-17,20,24H,1,3-11,18-19,21H2. The first-order chi connectivity index (χ1) is 15.7.